The lowest BCUT2D eigenvalue weighted by Gasteiger charge is -2.11. The molecule has 4 rings (SSSR count). The Morgan fingerprint density at radius 3 is 2.37 bits per heavy atom. The molecular formula is C21H16O6. The van der Waals surface area contributed by atoms with Crippen molar-refractivity contribution in [3.05, 3.63) is 69.9 Å². The van der Waals surface area contributed by atoms with Gasteiger partial charge in [0.15, 0.2) is 11.5 Å². The van der Waals surface area contributed by atoms with E-state index in [2.05, 4.69) is 0 Å². The van der Waals surface area contributed by atoms with E-state index < -0.39 is 16.9 Å². The van der Waals surface area contributed by atoms with Gasteiger partial charge >= 0.3 is 0 Å². The minimum Gasteiger partial charge on any atom is -0.508 e. The van der Waals surface area contributed by atoms with Gasteiger partial charge in [-0.1, -0.05) is 29.8 Å². The van der Waals surface area contributed by atoms with Crippen LogP contribution in [-0.4, -0.2) is 15.3 Å². The van der Waals surface area contributed by atoms with Gasteiger partial charge in [0.05, 0.1) is 5.39 Å². The number of hydrogen-bond acceptors (Lipinski definition) is 6. The zero-order valence-corrected chi connectivity index (χ0v) is 14.4. The minimum atomic E-state index is -0.430. The van der Waals surface area contributed by atoms with Gasteiger partial charge in [-0.05, 0) is 18.6 Å². The normalized spacial score (nSPS) is 11.1. The molecule has 0 atom stereocenters. The van der Waals surface area contributed by atoms with E-state index in [1.807, 2.05) is 31.2 Å². The van der Waals surface area contributed by atoms with Crippen molar-refractivity contribution in [3.63, 3.8) is 0 Å². The number of aromatic hydroxyl groups is 3. The molecule has 6 heteroatoms. The van der Waals surface area contributed by atoms with E-state index in [4.69, 9.17) is 9.15 Å². The Hall–Kier alpha value is -3.67. The van der Waals surface area contributed by atoms with Crippen LogP contribution in [0.15, 0.2) is 57.7 Å². The lowest BCUT2D eigenvalue weighted by molar-refractivity contribution is 0.308. The van der Waals surface area contributed by atoms with Crippen LogP contribution >= 0.6 is 0 Å². The highest BCUT2D eigenvalue weighted by atomic mass is 16.5. The number of aryl methyl sites for hydroxylation is 1. The van der Waals surface area contributed by atoms with Crippen LogP contribution < -0.4 is 10.2 Å². The summed E-state index contributed by atoms with van der Waals surface area (Å²) in [6, 6.07) is 12.7. The Balaban J connectivity index is 1.86. The van der Waals surface area contributed by atoms with Gasteiger partial charge in [0, 0.05) is 18.2 Å². The van der Waals surface area contributed by atoms with Crippen LogP contribution in [0.25, 0.3) is 21.9 Å². The first-order valence-electron chi connectivity index (χ1n) is 8.26. The molecule has 0 aliphatic heterocycles. The molecule has 1 heterocycles. The molecule has 4 aromatic rings. The summed E-state index contributed by atoms with van der Waals surface area (Å²) >= 11 is 0. The molecule has 0 spiro atoms. The first kappa shape index (κ1) is 16.8. The zero-order chi connectivity index (χ0) is 19.1. The molecule has 3 aromatic carbocycles. The largest absolute Gasteiger partial charge is 0.508 e. The van der Waals surface area contributed by atoms with Gasteiger partial charge in [0.25, 0.3) is 0 Å². The Bertz CT molecular complexity index is 1220. The number of phenolic OH excluding ortho intramolecular Hbond substituents is 3. The Labute approximate surface area is 153 Å². The number of benzene rings is 3. The molecule has 0 fully saturated rings. The molecule has 0 saturated carbocycles. The zero-order valence-electron chi connectivity index (χ0n) is 14.4. The van der Waals surface area contributed by atoms with Gasteiger partial charge in [-0.2, -0.15) is 0 Å². The predicted octanol–water partition coefficient (Wildman–Crippen LogP) is 3.95. The summed E-state index contributed by atoms with van der Waals surface area (Å²) in [5.41, 5.74) is 1.82. The minimum absolute atomic E-state index is 0.0953. The van der Waals surface area contributed by atoms with Crippen LogP contribution in [0, 0.1) is 6.92 Å². The lowest BCUT2D eigenvalue weighted by Crippen LogP contribution is -2.05. The van der Waals surface area contributed by atoms with E-state index in [-0.39, 0.29) is 40.0 Å². The van der Waals surface area contributed by atoms with Crippen LogP contribution in [0.3, 0.4) is 0 Å². The van der Waals surface area contributed by atoms with Crippen LogP contribution in [-0.2, 0) is 6.61 Å². The second-order valence-corrected chi connectivity index (χ2v) is 6.36. The monoisotopic (exact) mass is 364 g/mol. The van der Waals surface area contributed by atoms with Crippen molar-refractivity contribution < 1.29 is 24.5 Å². The molecule has 0 aliphatic carbocycles. The van der Waals surface area contributed by atoms with Crippen molar-refractivity contribution >= 4 is 21.9 Å². The molecule has 3 N–H and O–H groups in total. The van der Waals surface area contributed by atoms with Crippen LogP contribution in [0.4, 0.5) is 0 Å². The number of phenols is 3. The quantitative estimate of drug-likeness (QED) is 0.376. The number of fused-ring (bicyclic) bond motifs is 2. The summed E-state index contributed by atoms with van der Waals surface area (Å²) in [4.78, 5) is 12.9. The number of rotatable bonds is 3. The molecule has 0 bridgehead atoms. The van der Waals surface area contributed by atoms with Gasteiger partial charge in [0.1, 0.15) is 34.7 Å². The van der Waals surface area contributed by atoms with E-state index in [1.54, 1.807) is 0 Å². The Morgan fingerprint density at radius 1 is 0.926 bits per heavy atom. The van der Waals surface area contributed by atoms with Crippen molar-refractivity contribution in [2.75, 3.05) is 0 Å². The summed E-state index contributed by atoms with van der Waals surface area (Å²) in [6.45, 7) is 2.19. The molecular weight excluding hydrogens is 348 g/mol. The maximum atomic E-state index is 12.9. The second-order valence-electron chi connectivity index (χ2n) is 6.36. The van der Waals surface area contributed by atoms with Gasteiger partial charge in [-0.15, -0.1) is 0 Å². The second kappa shape index (κ2) is 6.25. The molecule has 1 aromatic heterocycles. The average molecular weight is 364 g/mol. The van der Waals surface area contributed by atoms with E-state index >= 15 is 0 Å². The van der Waals surface area contributed by atoms with Crippen LogP contribution in [0.5, 0.6) is 23.0 Å². The highest BCUT2D eigenvalue weighted by Gasteiger charge is 2.16. The average Bonchev–Trinajstić information content (AvgIpc) is 2.62. The standard InChI is InChI=1S/C21H16O6/c1-11-2-4-12(5-3-11)10-26-18-6-13(22)7-19-20(18)21(25)14-8-15(23)16(24)9-17(14)27-19/h2-9,22-24H,10H2,1H3. The molecule has 0 unspecified atom stereocenters. The first-order valence-corrected chi connectivity index (χ1v) is 8.26. The number of hydrogen-bond donors (Lipinski definition) is 3. The first-order chi connectivity index (χ1) is 12.9. The van der Waals surface area contributed by atoms with Crippen LogP contribution in [0.2, 0.25) is 0 Å². The summed E-state index contributed by atoms with van der Waals surface area (Å²) in [5, 5.41) is 29.6. The lowest BCUT2D eigenvalue weighted by atomic mass is 10.1. The maximum Gasteiger partial charge on any atom is 0.204 e. The molecule has 27 heavy (non-hydrogen) atoms. The molecule has 6 nitrogen and oxygen atoms in total. The molecule has 136 valence electrons. The molecule has 0 saturated heterocycles. The Morgan fingerprint density at radius 2 is 1.63 bits per heavy atom. The van der Waals surface area contributed by atoms with Gasteiger partial charge < -0.3 is 24.5 Å². The summed E-state index contributed by atoms with van der Waals surface area (Å²) < 4.78 is 11.4. The summed E-state index contributed by atoms with van der Waals surface area (Å²) in [6.07, 6.45) is 0. The smallest absolute Gasteiger partial charge is 0.204 e. The highest BCUT2D eigenvalue weighted by Crippen LogP contribution is 2.34. The molecule has 0 aliphatic rings. The third-order valence-corrected chi connectivity index (χ3v) is 4.33. The van der Waals surface area contributed by atoms with Crippen LogP contribution in [0.1, 0.15) is 11.1 Å². The molecule has 0 radical (unpaired) electrons. The van der Waals surface area contributed by atoms with E-state index in [0.717, 1.165) is 23.3 Å². The fourth-order valence-corrected chi connectivity index (χ4v) is 2.91. The van der Waals surface area contributed by atoms with Crippen molar-refractivity contribution in [1.29, 1.82) is 0 Å². The van der Waals surface area contributed by atoms with Gasteiger partial charge in [-0.3, -0.25) is 4.79 Å². The van der Waals surface area contributed by atoms with E-state index in [0.29, 0.717) is 0 Å². The summed E-state index contributed by atoms with van der Waals surface area (Å²) in [7, 11) is 0. The summed E-state index contributed by atoms with van der Waals surface area (Å²) in [5.74, 6) is -0.767. The SMILES string of the molecule is Cc1ccc(COc2cc(O)cc3oc4cc(O)c(O)cc4c(=O)c23)cc1. The third kappa shape index (κ3) is 3.01. The van der Waals surface area contributed by atoms with Crippen molar-refractivity contribution in [2.45, 2.75) is 13.5 Å². The van der Waals surface area contributed by atoms with E-state index in [9.17, 15) is 20.1 Å². The Kier molecular flexibility index (Phi) is 3.88. The molecule has 0 amide bonds. The fourth-order valence-electron chi connectivity index (χ4n) is 2.91. The van der Waals surface area contributed by atoms with Crippen molar-refractivity contribution in [1.82, 2.24) is 0 Å². The number of ether oxygens (including phenoxy) is 1. The van der Waals surface area contributed by atoms with Crippen molar-refractivity contribution in [3.8, 4) is 23.0 Å². The van der Waals surface area contributed by atoms with Gasteiger partial charge in [-0.25, -0.2) is 0 Å². The topological polar surface area (TPSA) is 100 Å². The van der Waals surface area contributed by atoms with Crippen molar-refractivity contribution in [2.24, 2.45) is 0 Å². The van der Waals surface area contributed by atoms with E-state index in [1.165, 1.54) is 12.1 Å². The van der Waals surface area contributed by atoms with Gasteiger partial charge in [0.2, 0.25) is 5.43 Å². The fraction of sp³-hybridized carbons (Fsp3) is 0.0952. The third-order valence-electron chi connectivity index (χ3n) is 4.33. The predicted molar refractivity (Wildman–Crippen MR) is 100 cm³/mol. The maximum absolute atomic E-state index is 12.9. The highest BCUT2D eigenvalue weighted by molar-refractivity contribution is 5.95.